The van der Waals surface area contributed by atoms with E-state index in [2.05, 4.69) is 19.9 Å². The molecule has 0 spiro atoms. The lowest BCUT2D eigenvalue weighted by molar-refractivity contribution is 0.0139. The van der Waals surface area contributed by atoms with Crippen molar-refractivity contribution in [2.24, 2.45) is 11.8 Å². The number of aromatic hydroxyl groups is 1. The molecule has 0 saturated carbocycles. The zero-order chi connectivity index (χ0) is 19.3. The summed E-state index contributed by atoms with van der Waals surface area (Å²) in [5, 5.41) is 19.9. The topological polar surface area (TPSA) is 66.8 Å². The molecule has 1 aliphatic rings. The molecule has 0 amide bonds. The molecule has 4 nitrogen and oxygen atoms in total. The summed E-state index contributed by atoms with van der Waals surface area (Å²) in [5.41, 5.74) is 0.706. The van der Waals surface area contributed by atoms with Crippen LogP contribution in [0.15, 0.2) is 48.1 Å². The molecule has 0 saturated heterocycles. The van der Waals surface area contributed by atoms with Crippen LogP contribution < -0.4 is 0 Å². The number of carbonyl (C=O) groups excluding carboxylic acids is 1. The fourth-order valence-corrected chi connectivity index (χ4v) is 3.25. The van der Waals surface area contributed by atoms with Crippen LogP contribution in [0, 0.1) is 11.8 Å². The summed E-state index contributed by atoms with van der Waals surface area (Å²) in [5.74, 6) is -0.0224. The van der Waals surface area contributed by atoms with Gasteiger partial charge in [0.25, 0.3) is 0 Å². The molecule has 1 aliphatic carbocycles. The number of hydrogen-bond donors (Lipinski definition) is 2. The van der Waals surface area contributed by atoms with Crippen molar-refractivity contribution in [1.82, 2.24) is 0 Å². The van der Waals surface area contributed by atoms with E-state index in [1.54, 1.807) is 12.1 Å². The third-order valence-electron chi connectivity index (χ3n) is 4.90. The van der Waals surface area contributed by atoms with Gasteiger partial charge in [0, 0.05) is 12.3 Å². The van der Waals surface area contributed by atoms with Gasteiger partial charge in [-0.2, -0.15) is 0 Å². The summed E-state index contributed by atoms with van der Waals surface area (Å²) in [4.78, 5) is 12.6. The Bertz CT molecular complexity index is 668. The third-order valence-corrected chi connectivity index (χ3v) is 4.90. The van der Waals surface area contributed by atoms with Gasteiger partial charge >= 0.3 is 5.97 Å². The van der Waals surface area contributed by atoms with Crippen molar-refractivity contribution in [2.75, 3.05) is 0 Å². The Balaban J connectivity index is 2.28. The number of allylic oxidation sites excluding steroid dienone is 1. The predicted octanol–water partition coefficient (Wildman–Crippen LogP) is 4.63. The van der Waals surface area contributed by atoms with Gasteiger partial charge in [-0.25, -0.2) is 4.79 Å². The van der Waals surface area contributed by atoms with Crippen LogP contribution in [0.2, 0.25) is 0 Å². The number of carbonyl (C=O) groups is 1. The van der Waals surface area contributed by atoms with E-state index in [1.165, 1.54) is 12.1 Å². The first-order valence-corrected chi connectivity index (χ1v) is 9.25. The molecule has 2 rings (SSSR count). The van der Waals surface area contributed by atoms with E-state index in [1.807, 2.05) is 26.0 Å². The van der Waals surface area contributed by atoms with Crippen LogP contribution in [0.3, 0.4) is 0 Å². The average molecular weight is 358 g/mol. The molecule has 0 aliphatic heterocycles. The van der Waals surface area contributed by atoms with Crippen LogP contribution >= 0.6 is 0 Å². The number of benzene rings is 1. The molecule has 2 N–H and O–H groups in total. The summed E-state index contributed by atoms with van der Waals surface area (Å²) >= 11 is 0. The molecule has 0 fully saturated rings. The van der Waals surface area contributed by atoms with Crippen LogP contribution in [-0.4, -0.2) is 27.9 Å². The first kappa shape index (κ1) is 20.2. The molecule has 3 atom stereocenters. The van der Waals surface area contributed by atoms with Crippen molar-refractivity contribution in [3.63, 3.8) is 0 Å². The van der Waals surface area contributed by atoms with E-state index in [-0.39, 0.29) is 23.7 Å². The highest BCUT2D eigenvalue weighted by atomic mass is 16.5. The number of phenols is 1. The van der Waals surface area contributed by atoms with E-state index in [4.69, 9.17) is 4.74 Å². The van der Waals surface area contributed by atoms with Crippen molar-refractivity contribution in [3.8, 4) is 5.75 Å². The number of aliphatic hydroxyl groups is 1. The monoisotopic (exact) mass is 358 g/mol. The highest BCUT2D eigenvalue weighted by Gasteiger charge is 2.29. The van der Waals surface area contributed by atoms with E-state index < -0.39 is 11.6 Å². The van der Waals surface area contributed by atoms with Crippen molar-refractivity contribution in [2.45, 2.75) is 58.7 Å². The molecule has 0 bridgehead atoms. The Morgan fingerprint density at radius 2 is 1.92 bits per heavy atom. The predicted molar refractivity (Wildman–Crippen MR) is 103 cm³/mol. The largest absolute Gasteiger partial charge is 0.508 e. The van der Waals surface area contributed by atoms with Gasteiger partial charge in [-0.3, -0.25) is 0 Å². The highest BCUT2D eigenvalue weighted by molar-refractivity contribution is 5.89. The summed E-state index contributed by atoms with van der Waals surface area (Å²) in [6, 6.07) is 6.08. The van der Waals surface area contributed by atoms with E-state index in [0.29, 0.717) is 18.4 Å². The molecule has 0 unspecified atom stereocenters. The van der Waals surface area contributed by atoms with Gasteiger partial charge in [-0.05, 0) is 56.9 Å². The van der Waals surface area contributed by atoms with Crippen LogP contribution in [-0.2, 0) is 4.74 Å². The second kappa shape index (κ2) is 8.54. The van der Waals surface area contributed by atoms with Gasteiger partial charge in [0.05, 0.1) is 11.2 Å². The highest BCUT2D eigenvalue weighted by Crippen LogP contribution is 2.29. The van der Waals surface area contributed by atoms with Gasteiger partial charge < -0.3 is 14.9 Å². The number of hydrogen-bond acceptors (Lipinski definition) is 4. The molecule has 1 aromatic carbocycles. The Morgan fingerprint density at radius 1 is 1.27 bits per heavy atom. The Labute approximate surface area is 156 Å². The summed E-state index contributed by atoms with van der Waals surface area (Å²) in [6.45, 7) is 8.04. The molecule has 0 radical (unpaired) electrons. The summed E-state index contributed by atoms with van der Waals surface area (Å²) < 4.78 is 5.87. The van der Waals surface area contributed by atoms with E-state index in [9.17, 15) is 15.0 Å². The first-order chi connectivity index (χ1) is 12.2. The minimum Gasteiger partial charge on any atom is -0.508 e. The van der Waals surface area contributed by atoms with Crippen LogP contribution in [0.25, 0.3) is 0 Å². The molecule has 0 aromatic heterocycles. The van der Waals surface area contributed by atoms with Crippen molar-refractivity contribution in [3.05, 3.63) is 53.6 Å². The van der Waals surface area contributed by atoms with Gasteiger partial charge in [0.1, 0.15) is 11.9 Å². The third kappa shape index (κ3) is 5.73. The van der Waals surface area contributed by atoms with Gasteiger partial charge in [-0.1, -0.05) is 37.6 Å². The zero-order valence-corrected chi connectivity index (χ0v) is 16.1. The Hall–Kier alpha value is -2.07. The number of esters is 1. The number of rotatable bonds is 3. The number of phenolic OH excluding ortho intramolecular Hbond substituents is 1. The fourth-order valence-electron chi connectivity index (χ4n) is 3.25. The first-order valence-electron chi connectivity index (χ1n) is 9.25. The van der Waals surface area contributed by atoms with Crippen LogP contribution in [0.5, 0.6) is 5.75 Å². The van der Waals surface area contributed by atoms with E-state index in [0.717, 1.165) is 12.0 Å². The number of ether oxygens (including phenoxy) is 1. The SMILES string of the molecule is C/C1=C\CC[C@@](C)(O)/C=C/[C@H](C(C)C)[C@@H](OC(=O)c2ccc(O)cc2)C1. The lowest BCUT2D eigenvalue weighted by Crippen LogP contribution is -2.31. The maximum atomic E-state index is 12.6. The van der Waals surface area contributed by atoms with Gasteiger partial charge in [0.2, 0.25) is 0 Å². The molecular formula is C22H30O4. The van der Waals surface area contributed by atoms with E-state index >= 15 is 0 Å². The maximum absolute atomic E-state index is 12.6. The molecule has 4 heteroatoms. The molecular weight excluding hydrogens is 328 g/mol. The minimum absolute atomic E-state index is 0.00369. The quantitative estimate of drug-likeness (QED) is 0.611. The molecule has 142 valence electrons. The lowest BCUT2D eigenvalue weighted by Gasteiger charge is -2.30. The normalized spacial score (nSPS) is 30.3. The van der Waals surface area contributed by atoms with Crippen LogP contribution in [0.4, 0.5) is 0 Å². The minimum atomic E-state index is -0.868. The van der Waals surface area contributed by atoms with Crippen molar-refractivity contribution < 1.29 is 19.7 Å². The lowest BCUT2D eigenvalue weighted by atomic mass is 9.83. The second-order valence-electron chi connectivity index (χ2n) is 7.82. The van der Waals surface area contributed by atoms with Gasteiger partial charge in [-0.15, -0.1) is 0 Å². The molecule has 0 heterocycles. The average Bonchev–Trinajstić information content (AvgIpc) is 2.54. The maximum Gasteiger partial charge on any atom is 0.338 e. The smallest absolute Gasteiger partial charge is 0.338 e. The molecule has 26 heavy (non-hydrogen) atoms. The zero-order valence-electron chi connectivity index (χ0n) is 16.1. The van der Waals surface area contributed by atoms with Crippen molar-refractivity contribution >= 4 is 5.97 Å². The van der Waals surface area contributed by atoms with Crippen molar-refractivity contribution in [1.29, 1.82) is 0 Å². The van der Waals surface area contributed by atoms with Gasteiger partial charge in [0.15, 0.2) is 0 Å². The summed E-state index contributed by atoms with van der Waals surface area (Å²) in [6.07, 6.45) is 7.77. The molecule has 1 aromatic rings. The standard InChI is InChI=1S/C22H30O4/c1-15(2)19-11-13-22(4,25)12-5-6-16(3)14-20(19)26-21(24)17-7-9-18(23)10-8-17/h6-11,13,15,19-20,23,25H,5,12,14H2,1-4H3/b13-11+,16-6+/t19-,20+,22-/m1/s1. The Kier molecular flexibility index (Phi) is 6.65. The summed E-state index contributed by atoms with van der Waals surface area (Å²) in [7, 11) is 0. The second-order valence-corrected chi connectivity index (χ2v) is 7.82. The van der Waals surface area contributed by atoms with Crippen LogP contribution in [0.1, 0.15) is 57.3 Å². The fraction of sp³-hybridized carbons (Fsp3) is 0.500. The Morgan fingerprint density at radius 3 is 2.54 bits per heavy atom.